The number of hydrogen-bond donors (Lipinski definition) is 5. The fraction of sp³-hybridized carbons (Fsp3) is 0.378. The number of carbonyl (C=O) groups excluding carboxylic acids is 3. The number of aromatic amines is 5. The number of piperidine rings is 3. The minimum atomic E-state index is -3.10. The third-order valence-electron chi connectivity index (χ3n) is 19.8. The van der Waals surface area contributed by atoms with E-state index in [1.165, 1.54) is 78.3 Å². The largest absolute Gasteiger partial charge is 0.496 e. The standard InChI is InChI=1S/C16H20N2O.C15H15ClN2O.C15H20N2O3S.C14H17FN2O2S.C14H15N3O/c1-11-16(14-5-3-4-6-15(14)17-11)13-7-9-18(10-8-13)12(2)19;1-10(19)18-7-5-11(6-8-18)13-9-17-15-12(13)3-2-4-14(15)16;1-20-14-5-3-4-13-15(14)12(10-16-13)11-6-8-17(9-7-11)21(2,18)19;1-20(18,19)17-7-5-10(6-8-17)12-9-16-14-11(12)3-2-4-13(14)15;1-10(18)17-6-3-11(4-7-17)13-8-16-14-9-15-5-2-12(13)14/h3-6,13,17H,7-10H2,1-2H3;2-5,9,17H,6-8H2,1H3;3-5,10-11,16H,6-9H2,1-2H3;2-4,9-10,16H,5-8H2,1H3;2-3,5,8-9,16H,4,6-7H2,1H3. The lowest BCUT2D eigenvalue weighted by Gasteiger charge is -2.31. The number of rotatable bonds is 8. The summed E-state index contributed by atoms with van der Waals surface area (Å²) in [5.41, 5.74) is 14.9. The van der Waals surface area contributed by atoms with Gasteiger partial charge < -0.3 is 44.4 Å². The summed E-state index contributed by atoms with van der Waals surface area (Å²) in [5.74, 6) is 2.33. The Morgan fingerprint density at radius 2 is 1.06 bits per heavy atom. The second-order valence-corrected chi connectivity index (χ2v) is 30.1. The van der Waals surface area contributed by atoms with Gasteiger partial charge in [-0.05, 0) is 140 Å². The summed E-state index contributed by atoms with van der Waals surface area (Å²) in [7, 11) is -4.50. The number of aryl methyl sites for hydroxylation is 1. The van der Waals surface area contributed by atoms with Gasteiger partial charge in [0.25, 0.3) is 0 Å². The van der Waals surface area contributed by atoms with Gasteiger partial charge in [-0.3, -0.25) is 19.4 Å². The molecule has 0 radical (unpaired) electrons. The summed E-state index contributed by atoms with van der Waals surface area (Å²) in [5, 5.41) is 6.47. The highest BCUT2D eigenvalue weighted by atomic mass is 35.5. The molecule has 5 aliphatic heterocycles. The number of hydrogen-bond acceptors (Lipinski definition) is 9. The van der Waals surface area contributed by atoms with E-state index < -0.39 is 20.0 Å². The number of para-hydroxylation sites is 3. The van der Waals surface area contributed by atoms with Gasteiger partial charge in [0.1, 0.15) is 11.6 Å². The molecule has 0 unspecified atom stereocenters. The molecule has 97 heavy (non-hydrogen) atoms. The van der Waals surface area contributed by atoms with Crippen LogP contribution in [0.4, 0.5) is 4.39 Å². The number of methoxy groups -OCH3 is 1. The summed E-state index contributed by atoms with van der Waals surface area (Å²) in [4.78, 5) is 60.0. The van der Waals surface area contributed by atoms with Gasteiger partial charge in [-0.15, -0.1) is 0 Å². The van der Waals surface area contributed by atoms with Crippen molar-refractivity contribution in [3.05, 3.63) is 179 Å². The average Bonchev–Trinajstić information content (AvgIpc) is 1.69. The van der Waals surface area contributed by atoms with E-state index in [-0.39, 0.29) is 29.5 Å². The van der Waals surface area contributed by atoms with Gasteiger partial charge in [-0.2, -0.15) is 0 Å². The van der Waals surface area contributed by atoms with Crippen LogP contribution in [0.25, 0.3) is 65.7 Å². The van der Waals surface area contributed by atoms with Crippen LogP contribution in [0.2, 0.25) is 5.02 Å². The summed E-state index contributed by atoms with van der Waals surface area (Å²) >= 11 is 6.17. The van der Waals surface area contributed by atoms with Crippen LogP contribution in [0.1, 0.15) is 123 Å². The molecule has 3 fully saturated rings. The van der Waals surface area contributed by atoms with Crippen LogP contribution in [0.15, 0.2) is 134 Å². The number of likely N-dealkylation sites (tertiary alicyclic amines) is 1. The number of pyridine rings is 1. The molecule has 3 saturated heterocycles. The van der Waals surface area contributed by atoms with Gasteiger partial charge in [0, 0.05) is 172 Å². The Labute approximate surface area is 571 Å². The van der Waals surface area contributed by atoms with Crippen LogP contribution in [-0.4, -0.2) is 173 Å². The number of H-pyrrole nitrogens is 5. The molecule has 23 heteroatoms. The fourth-order valence-electron chi connectivity index (χ4n) is 14.5. The number of nitrogens with zero attached hydrogens (tertiary/aromatic N) is 6. The first-order chi connectivity index (χ1) is 46.6. The molecule has 5 N–H and O–H groups in total. The third-order valence-corrected chi connectivity index (χ3v) is 22.7. The van der Waals surface area contributed by atoms with Crippen LogP contribution in [0.3, 0.4) is 0 Å². The quantitative estimate of drug-likeness (QED) is 0.0971. The molecule has 4 aromatic carbocycles. The number of nitrogens with one attached hydrogen (secondary N) is 5. The van der Waals surface area contributed by atoms with Crippen molar-refractivity contribution in [3.63, 3.8) is 0 Å². The maximum absolute atomic E-state index is 13.7. The molecule has 19 nitrogen and oxygen atoms in total. The summed E-state index contributed by atoms with van der Waals surface area (Å²) in [6.07, 6.45) is 25.6. The molecule has 10 aromatic rings. The number of fused-ring (bicyclic) bond motifs is 5. The number of aromatic nitrogens is 6. The van der Waals surface area contributed by atoms with Gasteiger partial charge in [0.2, 0.25) is 37.8 Å². The number of amides is 3. The molecule has 5 aliphatic rings. The monoisotopic (exact) mass is 1380 g/mol. The van der Waals surface area contributed by atoms with E-state index in [0.717, 1.165) is 127 Å². The van der Waals surface area contributed by atoms with Gasteiger partial charge >= 0.3 is 0 Å². The first-order valence-electron chi connectivity index (χ1n) is 33.2. The van der Waals surface area contributed by atoms with E-state index in [1.54, 1.807) is 38.3 Å². The lowest BCUT2D eigenvalue weighted by Crippen LogP contribution is -2.37. The molecule has 0 spiro atoms. The van der Waals surface area contributed by atoms with Crippen molar-refractivity contribution in [1.29, 1.82) is 0 Å². The van der Waals surface area contributed by atoms with Gasteiger partial charge in [0.15, 0.2) is 0 Å². The maximum Gasteiger partial charge on any atom is 0.219 e. The highest BCUT2D eigenvalue weighted by Gasteiger charge is 2.31. The van der Waals surface area contributed by atoms with E-state index in [1.807, 2.05) is 94.3 Å². The van der Waals surface area contributed by atoms with Crippen LogP contribution < -0.4 is 4.74 Å². The smallest absolute Gasteiger partial charge is 0.219 e. The molecule has 0 aliphatic carbocycles. The molecule has 0 atom stereocenters. The second-order valence-electron chi connectivity index (χ2n) is 25.8. The zero-order chi connectivity index (χ0) is 68.7. The first kappa shape index (κ1) is 69.8. The summed E-state index contributed by atoms with van der Waals surface area (Å²) < 4.78 is 68.4. The molecular weight excluding hydrogens is 1290 g/mol. The number of benzene rings is 4. The third kappa shape index (κ3) is 16.1. The number of sulfonamides is 2. The van der Waals surface area contributed by atoms with Gasteiger partial charge in [-0.1, -0.05) is 72.3 Å². The van der Waals surface area contributed by atoms with Crippen molar-refractivity contribution in [2.45, 2.75) is 96.8 Å². The Hall–Kier alpha value is -8.54. The van der Waals surface area contributed by atoms with E-state index in [4.69, 9.17) is 16.3 Å². The molecule has 512 valence electrons. The highest BCUT2D eigenvalue weighted by Crippen LogP contribution is 2.40. The average molecular weight is 1380 g/mol. The van der Waals surface area contributed by atoms with Crippen molar-refractivity contribution >= 4 is 115 Å². The maximum atomic E-state index is 13.7. The lowest BCUT2D eigenvalue weighted by molar-refractivity contribution is -0.130. The van der Waals surface area contributed by atoms with Crippen LogP contribution >= 0.6 is 11.6 Å². The van der Waals surface area contributed by atoms with Crippen molar-refractivity contribution in [2.24, 2.45) is 0 Å². The Morgan fingerprint density at radius 1 is 0.546 bits per heavy atom. The van der Waals surface area contributed by atoms with Crippen molar-refractivity contribution in [2.75, 3.05) is 85.1 Å². The van der Waals surface area contributed by atoms with Crippen LogP contribution in [0, 0.1) is 12.7 Å². The van der Waals surface area contributed by atoms with E-state index in [9.17, 15) is 35.6 Å². The Balaban J connectivity index is 0.000000123. The summed E-state index contributed by atoms with van der Waals surface area (Å²) in [6, 6.07) is 27.5. The molecule has 3 amide bonds. The Morgan fingerprint density at radius 3 is 1.66 bits per heavy atom. The number of ether oxygens (including phenoxy) is 1. The second kappa shape index (κ2) is 30.5. The predicted octanol–water partition coefficient (Wildman–Crippen LogP) is 13.6. The summed E-state index contributed by atoms with van der Waals surface area (Å²) in [6.45, 7) is 14.1. The van der Waals surface area contributed by atoms with Crippen molar-refractivity contribution in [1.82, 2.24) is 53.2 Å². The predicted molar refractivity (Wildman–Crippen MR) is 386 cm³/mol. The minimum Gasteiger partial charge on any atom is -0.496 e. The Kier molecular flexibility index (Phi) is 21.9. The number of halogens is 2. The molecule has 15 rings (SSSR count). The van der Waals surface area contributed by atoms with E-state index in [0.29, 0.717) is 56.6 Å². The van der Waals surface area contributed by atoms with Gasteiger partial charge in [-0.25, -0.2) is 29.8 Å². The van der Waals surface area contributed by atoms with Crippen molar-refractivity contribution < 1.29 is 40.3 Å². The zero-order valence-corrected chi connectivity index (χ0v) is 58.6. The molecule has 0 saturated carbocycles. The van der Waals surface area contributed by atoms with E-state index in [2.05, 4.69) is 79.3 Å². The van der Waals surface area contributed by atoms with E-state index >= 15 is 0 Å². The molecule has 0 bridgehead atoms. The van der Waals surface area contributed by atoms with Crippen molar-refractivity contribution in [3.8, 4) is 5.75 Å². The van der Waals surface area contributed by atoms with Gasteiger partial charge in [0.05, 0.1) is 47.4 Å². The van der Waals surface area contributed by atoms with Crippen LogP contribution in [0.5, 0.6) is 5.75 Å². The lowest BCUT2D eigenvalue weighted by atomic mass is 9.87. The molecular formula is C74H87ClFN11O8S2. The van der Waals surface area contributed by atoms with Crippen LogP contribution in [-0.2, 0) is 34.4 Å². The highest BCUT2D eigenvalue weighted by molar-refractivity contribution is 7.88. The Bertz CT molecular complexity index is 4770. The topological polar surface area (TPSA) is 237 Å². The fourth-order valence-corrected chi connectivity index (χ4v) is 16.4. The SMILES string of the molecule is CC(=O)N1CC=C(c2c[nH]c3c(Cl)cccc23)CC1.CC(=O)N1CC=C(c2c[nH]c3cnccc23)CC1.CC(=O)N1CCC(c2c(C)[nH]c3ccccc23)CC1.COc1cccc2[nH]cc(C3CCN(S(C)(=O)=O)CC3)c12.CS(=O)(=O)N1CCC(c2c[nH]c3c(F)cccc23)CC1. The first-order valence-corrected chi connectivity index (χ1v) is 37.3. The zero-order valence-electron chi connectivity index (χ0n) is 56.2. The minimum absolute atomic E-state index is 0.136. The molecule has 6 aromatic heterocycles. The molecule has 11 heterocycles. The normalized spacial score (nSPS) is 17.1. The number of carbonyl (C=O) groups is 3.